The summed E-state index contributed by atoms with van der Waals surface area (Å²) in [5.74, 6) is 2.37. The average Bonchev–Trinajstić information content (AvgIpc) is 3.26. The molecular weight excluding hydrogens is 503 g/mol. The second-order valence-electron chi connectivity index (χ2n) is 6.39. The number of carbonyl (C=O) groups is 1. The van der Waals surface area contributed by atoms with E-state index >= 15 is 0 Å². The van der Waals surface area contributed by atoms with Gasteiger partial charge < -0.3 is 23.7 Å². The number of aromatic nitrogens is 2. The molecular formula is C23H18Cl2N2O6S. The van der Waals surface area contributed by atoms with Crippen LogP contribution in [0.4, 0.5) is 0 Å². The molecule has 0 saturated heterocycles. The number of carboxylic acids is 1. The molecule has 0 aliphatic rings. The van der Waals surface area contributed by atoms with Gasteiger partial charge in [-0.3, -0.25) is 0 Å². The van der Waals surface area contributed by atoms with Crippen LogP contribution in [0.5, 0.6) is 17.2 Å². The Morgan fingerprint density at radius 2 is 2.03 bits per heavy atom. The first-order valence-electron chi connectivity index (χ1n) is 9.69. The number of thioether (sulfide) groups is 1. The highest BCUT2D eigenvalue weighted by atomic mass is 35.5. The monoisotopic (exact) mass is 520 g/mol. The molecule has 1 N–H and O–H groups in total. The normalized spacial score (nSPS) is 11.1. The first kappa shape index (κ1) is 25.3. The van der Waals surface area contributed by atoms with E-state index in [0.717, 1.165) is 11.8 Å². The van der Waals surface area contributed by atoms with Crippen molar-refractivity contribution in [3.8, 4) is 41.0 Å². The molecule has 8 nitrogen and oxygen atoms in total. The van der Waals surface area contributed by atoms with Gasteiger partial charge in [-0.1, -0.05) is 29.1 Å². The number of nitrogens with zero attached hydrogens (tertiary/aromatic N) is 2. The second-order valence-corrected chi connectivity index (χ2v) is 8.23. The maximum absolute atomic E-state index is 11.9. The van der Waals surface area contributed by atoms with Crippen LogP contribution >= 0.6 is 35.0 Å². The fourth-order valence-electron chi connectivity index (χ4n) is 2.78. The van der Waals surface area contributed by atoms with E-state index < -0.39 is 5.97 Å². The Kier molecular flexibility index (Phi) is 8.71. The SMILES string of the molecule is C#CCOc1c(Cl)cc(/C=C(\Sc2nnc(-c3cc(Cl)ccc3OC)o2)C(=O)O)cc1OCC. The van der Waals surface area contributed by atoms with E-state index in [1.807, 2.05) is 0 Å². The average molecular weight is 521 g/mol. The van der Waals surface area contributed by atoms with Crippen LogP contribution in [0.2, 0.25) is 10.0 Å². The number of hydrogen-bond acceptors (Lipinski definition) is 8. The van der Waals surface area contributed by atoms with Gasteiger partial charge in [-0.15, -0.1) is 16.6 Å². The molecule has 3 aromatic rings. The van der Waals surface area contributed by atoms with E-state index in [1.54, 1.807) is 31.2 Å². The standard InChI is InChI=1S/C23H18Cl2N2O6S/c1-4-8-32-20-16(25)9-13(10-18(20)31-5-2)11-19(22(28)29)34-23-27-26-21(33-23)15-12-14(24)6-7-17(15)30-3/h1,6-7,9-12H,5,8H2,2-3H3,(H,28,29)/b19-11-. The summed E-state index contributed by atoms with van der Waals surface area (Å²) in [5, 5.41) is 18.3. The second kappa shape index (κ2) is 11.7. The summed E-state index contributed by atoms with van der Waals surface area (Å²) in [5.41, 5.74) is 0.938. The summed E-state index contributed by atoms with van der Waals surface area (Å²) in [7, 11) is 1.49. The molecule has 0 aliphatic carbocycles. The highest BCUT2D eigenvalue weighted by molar-refractivity contribution is 8.03. The van der Waals surface area contributed by atoms with E-state index in [1.165, 1.54) is 19.3 Å². The van der Waals surface area contributed by atoms with Gasteiger partial charge in [-0.2, -0.15) is 0 Å². The number of benzene rings is 2. The highest BCUT2D eigenvalue weighted by Gasteiger charge is 2.19. The number of ether oxygens (including phenoxy) is 3. The van der Waals surface area contributed by atoms with Crippen LogP contribution in [0.25, 0.3) is 17.5 Å². The molecule has 0 radical (unpaired) electrons. The molecule has 176 valence electrons. The van der Waals surface area contributed by atoms with Crippen molar-refractivity contribution in [1.29, 1.82) is 0 Å². The Labute approximate surface area is 209 Å². The molecule has 0 spiro atoms. The van der Waals surface area contributed by atoms with Crippen molar-refractivity contribution >= 4 is 47.0 Å². The van der Waals surface area contributed by atoms with Crippen LogP contribution < -0.4 is 14.2 Å². The van der Waals surface area contributed by atoms with Crippen LogP contribution in [0.15, 0.2) is 44.9 Å². The Hall–Kier alpha value is -3.32. The van der Waals surface area contributed by atoms with Gasteiger partial charge in [0.05, 0.1) is 24.3 Å². The van der Waals surface area contributed by atoms with Crippen LogP contribution in [0.1, 0.15) is 12.5 Å². The minimum absolute atomic E-state index is 0.00210. The summed E-state index contributed by atoms with van der Waals surface area (Å²) in [6.45, 7) is 2.14. The van der Waals surface area contributed by atoms with E-state index in [2.05, 4.69) is 16.1 Å². The van der Waals surface area contributed by atoms with Gasteiger partial charge in [0.2, 0.25) is 0 Å². The van der Waals surface area contributed by atoms with Crippen LogP contribution in [0, 0.1) is 12.3 Å². The van der Waals surface area contributed by atoms with Crippen molar-refractivity contribution in [2.75, 3.05) is 20.3 Å². The van der Waals surface area contributed by atoms with Crippen molar-refractivity contribution in [3.63, 3.8) is 0 Å². The molecule has 0 atom stereocenters. The third-order valence-corrected chi connectivity index (χ3v) is 5.50. The molecule has 11 heteroatoms. The molecule has 3 rings (SSSR count). The topological polar surface area (TPSA) is 104 Å². The summed E-state index contributed by atoms with van der Waals surface area (Å²) in [6, 6.07) is 8.06. The van der Waals surface area contributed by atoms with Crippen LogP contribution in [-0.2, 0) is 4.79 Å². The largest absolute Gasteiger partial charge is 0.496 e. The third kappa shape index (κ3) is 6.17. The van der Waals surface area contributed by atoms with Gasteiger partial charge >= 0.3 is 5.97 Å². The maximum atomic E-state index is 11.9. The van der Waals surface area contributed by atoms with E-state index in [0.29, 0.717) is 34.3 Å². The van der Waals surface area contributed by atoms with Crippen molar-refractivity contribution in [1.82, 2.24) is 10.2 Å². The molecule has 34 heavy (non-hydrogen) atoms. The lowest BCUT2D eigenvalue weighted by atomic mass is 10.2. The molecule has 0 aliphatic heterocycles. The summed E-state index contributed by atoms with van der Waals surface area (Å²) in [6.07, 6.45) is 6.64. The zero-order chi connectivity index (χ0) is 24.7. The lowest BCUT2D eigenvalue weighted by molar-refractivity contribution is -0.131. The van der Waals surface area contributed by atoms with Crippen LogP contribution in [-0.4, -0.2) is 41.6 Å². The molecule has 0 unspecified atom stereocenters. The minimum Gasteiger partial charge on any atom is -0.496 e. The zero-order valence-corrected chi connectivity index (χ0v) is 20.3. The van der Waals surface area contributed by atoms with Crippen molar-refractivity contribution in [2.24, 2.45) is 0 Å². The smallest absolute Gasteiger partial charge is 0.342 e. The van der Waals surface area contributed by atoms with Gasteiger partial charge in [0.25, 0.3) is 11.1 Å². The van der Waals surface area contributed by atoms with E-state index in [4.69, 9.17) is 48.3 Å². The fourth-order valence-corrected chi connectivity index (χ4v) is 3.89. The first-order valence-corrected chi connectivity index (χ1v) is 11.3. The Balaban J connectivity index is 1.92. The van der Waals surface area contributed by atoms with Gasteiger partial charge in [-0.25, -0.2) is 4.79 Å². The number of methoxy groups -OCH3 is 1. The Bertz CT molecular complexity index is 1270. The van der Waals surface area contributed by atoms with Gasteiger partial charge in [-0.05, 0) is 60.7 Å². The van der Waals surface area contributed by atoms with Crippen molar-refractivity contribution < 1.29 is 28.5 Å². The quantitative estimate of drug-likeness (QED) is 0.205. The van der Waals surface area contributed by atoms with Gasteiger partial charge in [0.1, 0.15) is 17.3 Å². The van der Waals surface area contributed by atoms with E-state index in [-0.39, 0.29) is 33.4 Å². The molecule has 0 fully saturated rings. The summed E-state index contributed by atoms with van der Waals surface area (Å²) >= 11 is 13.2. The molecule has 1 heterocycles. The molecule has 0 saturated carbocycles. The third-order valence-electron chi connectivity index (χ3n) is 4.14. The van der Waals surface area contributed by atoms with Crippen molar-refractivity contribution in [3.05, 3.63) is 50.8 Å². The van der Waals surface area contributed by atoms with Gasteiger partial charge in [0.15, 0.2) is 11.5 Å². The predicted molar refractivity (Wildman–Crippen MR) is 130 cm³/mol. The Morgan fingerprint density at radius 3 is 2.71 bits per heavy atom. The minimum atomic E-state index is -1.20. The number of rotatable bonds is 10. The number of terminal acetylenes is 1. The number of halogens is 2. The lowest BCUT2D eigenvalue weighted by Gasteiger charge is -2.13. The molecule has 0 amide bonds. The molecule has 0 bridgehead atoms. The summed E-state index contributed by atoms with van der Waals surface area (Å²) < 4.78 is 22.0. The lowest BCUT2D eigenvalue weighted by Crippen LogP contribution is -2.01. The first-order chi connectivity index (χ1) is 16.4. The zero-order valence-electron chi connectivity index (χ0n) is 18.0. The predicted octanol–water partition coefficient (Wildman–Crippen LogP) is 5.68. The fraction of sp³-hybridized carbons (Fsp3) is 0.174. The molecule has 2 aromatic carbocycles. The van der Waals surface area contributed by atoms with E-state index in [9.17, 15) is 9.90 Å². The maximum Gasteiger partial charge on any atom is 0.342 e. The number of hydrogen-bond donors (Lipinski definition) is 1. The Morgan fingerprint density at radius 1 is 1.24 bits per heavy atom. The number of aliphatic carboxylic acids is 1. The van der Waals surface area contributed by atoms with Crippen molar-refractivity contribution in [2.45, 2.75) is 12.1 Å². The molecule has 1 aromatic heterocycles. The summed E-state index contributed by atoms with van der Waals surface area (Å²) in [4.78, 5) is 11.8. The van der Waals surface area contributed by atoms with Crippen LogP contribution in [0.3, 0.4) is 0 Å². The highest BCUT2D eigenvalue weighted by Crippen LogP contribution is 2.39. The number of carboxylic acid groups (broad SMARTS) is 1. The van der Waals surface area contributed by atoms with Gasteiger partial charge in [0, 0.05) is 5.02 Å².